The Bertz CT molecular complexity index is 1190. The van der Waals surface area contributed by atoms with E-state index in [-0.39, 0.29) is 29.5 Å². The highest BCUT2D eigenvalue weighted by Gasteiger charge is 2.36. The van der Waals surface area contributed by atoms with Crippen molar-refractivity contribution in [1.82, 2.24) is 25.2 Å². The zero-order valence-corrected chi connectivity index (χ0v) is 25.0. The lowest BCUT2D eigenvalue weighted by atomic mass is 10.0. The van der Waals surface area contributed by atoms with E-state index in [4.69, 9.17) is 16.7 Å². The molecular formula is C31H44ClF2N5O2. The molecule has 0 spiro atoms. The number of halogens is 3. The number of fused-ring (bicyclic) bond motifs is 1. The first kappa shape index (κ1) is 32.9. The number of likely N-dealkylation sites (tertiary alicyclic amines) is 1. The Morgan fingerprint density at radius 1 is 1.07 bits per heavy atom. The molecule has 2 aromatic heterocycles. The molecule has 0 unspecified atom stereocenters. The summed E-state index contributed by atoms with van der Waals surface area (Å²) in [5.74, 6) is -2.79. The van der Waals surface area contributed by atoms with Crippen LogP contribution in [0.25, 0.3) is 10.9 Å². The molecule has 41 heavy (non-hydrogen) atoms. The van der Waals surface area contributed by atoms with Crippen LogP contribution in [0.15, 0.2) is 36.8 Å². The molecule has 0 bridgehead atoms. The van der Waals surface area contributed by atoms with E-state index < -0.39 is 11.9 Å². The number of carboxylic acid groups (broad SMARTS) is 1. The fourth-order valence-electron chi connectivity index (χ4n) is 5.08. The number of carboxylic acids is 1. The van der Waals surface area contributed by atoms with Crippen molar-refractivity contribution in [3.8, 4) is 0 Å². The molecule has 0 saturated carbocycles. The molecule has 1 aromatic carbocycles. The van der Waals surface area contributed by atoms with Crippen LogP contribution in [0.5, 0.6) is 0 Å². The van der Waals surface area contributed by atoms with Crippen molar-refractivity contribution < 1.29 is 18.7 Å². The van der Waals surface area contributed by atoms with Gasteiger partial charge < -0.3 is 15.4 Å². The number of aryl methyl sites for hydroxylation is 1. The summed E-state index contributed by atoms with van der Waals surface area (Å²) < 4.78 is 27.1. The summed E-state index contributed by atoms with van der Waals surface area (Å²) in [6.45, 7) is 6.68. The lowest BCUT2D eigenvalue weighted by molar-refractivity contribution is -0.0633. The summed E-state index contributed by atoms with van der Waals surface area (Å²) in [4.78, 5) is 24.4. The molecule has 1 saturated heterocycles. The molecule has 7 nitrogen and oxygen atoms in total. The van der Waals surface area contributed by atoms with Crippen LogP contribution in [0.3, 0.4) is 0 Å². The number of aromatic amines is 1. The quantitative estimate of drug-likeness (QED) is 0.166. The second-order valence-corrected chi connectivity index (χ2v) is 11.2. The van der Waals surface area contributed by atoms with Crippen LogP contribution in [-0.4, -0.2) is 63.0 Å². The summed E-state index contributed by atoms with van der Waals surface area (Å²) in [6, 6.07) is 5.00. The fraction of sp³-hybridized carbons (Fsp3) is 0.581. The highest BCUT2D eigenvalue weighted by Crippen LogP contribution is 2.32. The lowest BCUT2D eigenvalue weighted by Crippen LogP contribution is -2.44. The first-order valence-electron chi connectivity index (χ1n) is 14.8. The maximum absolute atomic E-state index is 13.6. The molecule has 1 fully saturated rings. The van der Waals surface area contributed by atoms with Gasteiger partial charge in [0.25, 0.3) is 5.92 Å². The Kier molecular flexibility index (Phi) is 13.4. The highest BCUT2D eigenvalue weighted by molar-refractivity contribution is 6.38. The van der Waals surface area contributed by atoms with Gasteiger partial charge in [0.1, 0.15) is 5.82 Å². The molecule has 1 aliphatic heterocycles. The van der Waals surface area contributed by atoms with Crippen LogP contribution in [0, 0.1) is 6.92 Å². The lowest BCUT2D eigenvalue weighted by Gasteiger charge is -2.37. The Morgan fingerprint density at radius 3 is 2.34 bits per heavy atom. The van der Waals surface area contributed by atoms with E-state index in [9.17, 15) is 13.6 Å². The topological polar surface area (TPSA) is 94.1 Å². The van der Waals surface area contributed by atoms with Gasteiger partial charge in [0.15, 0.2) is 0 Å². The van der Waals surface area contributed by atoms with Crippen LogP contribution in [0.2, 0.25) is 5.02 Å². The number of nitrogens with zero attached hydrogens (tertiary/aromatic N) is 3. The van der Waals surface area contributed by atoms with Crippen molar-refractivity contribution >= 4 is 28.5 Å². The molecule has 226 valence electrons. The Morgan fingerprint density at radius 2 is 1.71 bits per heavy atom. The van der Waals surface area contributed by atoms with Gasteiger partial charge in [0.05, 0.1) is 16.6 Å². The number of unbranched alkanes of at least 4 members (excludes halogenated alkanes) is 7. The first-order chi connectivity index (χ1) is 19.7. The number of carbonyl (C=O) groups is 1. The standard InChI is InChI=1S/C22H38F2N4.C9H6ClNO2/c1-3-4-5-6-7-8-9-10-13-25-18-21(20-16-26-19(2)27-17-20)28-14-11-22(23,24)12-15-28;10-8-5-3-4-11-7(5)2-1-6(8)9(12)13/h16-17,21,25H,3-15,18H2,1-2H3;1-4,11H,(H,12,13)/t21-;/m1./s1. The second-order valence-electron chi connectivity index (χ2n) is 10.8. The normalized spacial score (nSPS) is 15.8. The number of aromatic nitrogens is 3. The predicted molar refractivity (Wildman–Crippen MR) is 161 cm³/mol. The minimum atomic E-state index is -2.52. The van der Waals surface area contributed by atoms with Crippen molar-refractivity contribution in [2.45, 2.75) is 90.0 Å². The van der Waals surface area contributed by atoms with Crippen LogP contribution >= 0.6 is 11.6 Å². The zero-order valence-electron chi connectivity index (χ0n) is 24.3. The number of benzene rings is 1. The van der Waals surface area contributed by atoms with Crippen molar-refractivity contribution in [3.05, 3.63) is 58.8 Å². The number of aromatic carboxylic acids is 1. The SMILES string of the molecule is CCCCCCCCCCNC[C@H](c1cnc(C)nc1)N1CCC(F)(F)CC1.O=C(O)c1ccc2[nH]ccc2c1Cl. The van der Waals surface area contributed by atoms with E-state index in [2.05, 4.69) is 32.1 Å². The molecule has 3 heterocycles. The van der Waals surface area contributed by atoms with Gasteiger partial charge in [-0.1, -0.05) is 63.5 Å². The summed E-state index contributed by atoms with van der Waals surface area (Å²) >= 11 is 5.88. The average Bonchev–Trinajstić information content (AvgIpc) is 3.43. The van der Waals surface area contributed by atoms with Gasteiger partial charge in [0, 0.05) is 67.5 Å². The molecule has 0 radical (unpaired) electrons. The van der Waals surface area contributed by atoms with Gasteiger partial charge in [-0.05, 0) is 38.1 Å². The van der Waals surface area contributed by atoms with E-state index >= 15 is 0 Å². The van der Waals surface area contributed by atoms with Crippen molar-refractivity contribution in [1.29, 1.82) is 0 Å². The highest BCUT2D eigenvalue weighted by atomic mass is 35.5. The smallest absolute Gasteiger partial charge is 0.337 e. The van der Waals surface area contributed by atoms with E-state index in [0.717, 1.165) is 35.4 Å². The third-order valence-electron chi connectivity index (χ3n) is 7.60. The van der Waals surface area contributed by atoms with Gasteiger partial charge in [-0.25, -0.2) is 23.5 Å². The molecule has 3 N–H and O–H groups in total. The van der Waals surface area contributed by atoms with E-state index in [0.29, 0.717) is 13.1 Å². The van der Waals surface area contributed by atoms with Crippen molar-refractivity contribution in [2.75, 3.05) is 26.2 Å². The van der Waals surface area contributed by atoms with E-state index in [1.807, 2.05) is 19.3 Å². The van der Waals surface area contributed by atoms with Crippen LogP contribution in [-0.2, 0) is 0 Å². The van der Waals surface area contributed by atoms with Gasteiger partial charge in [-0.2, -0.15) is 0 Å². The summed E-state index contributed by atoms with van der Waals surface area (Å²) in [7, 11) is 0. The average molecular weight is 592 g/mol. The van der Waals surface area contributed by atoms with Gasteiger partial charge in [-0.15, -0.1) is 0 Å². The summed E-state index contributed by atoms with van der Waals surface area (Å²) in [5, 5.41) is 13.3. The van der Waals surface area contributed by atoms with Gasteiger partial charge in [0.2, 0.25) is 0 Å². The molecular weight excluding hydrogens is 548 g/mol. The Hall–Kier alpha value is -2.62. The predicted octanol–water partition coefficient (Wildman–Crippen LogP) is 7.81. The Balaban J connectivity index is 0.000000294. The van der Waals surface area contributed by atoms with Crippen LogP contribution in [0.1, 0.15) is 98.9 Å². The monoisotopic (exact) mass is 591 g/mol. The third-order valence-corrected chi connectivity index (χ3v) is 8.01. The molecule has 0 amide bonds. The first-order valence-corrected chi connectivity index (χ1v) is 15.2. The van der Waals surface area contributed by atoms with Crippen molar-refractivity contribution in [3.63, 3.8) is 0 Å². The molecule has 4 rings (SSSR count). The number of alkyl halides is 2. The Labute approximate surface area is 247 Å². The van der Waals surface area contributed by atoms with Crippen molar-refractivity contribution in [2.24, 2.45) is 0 Å². The zero-order chi connectivity index (χ0) is 29.7. The van der Waals surface area contributed by atoms with Crippen LogP contribution in [0.4, 0.5) is 8.78 Å². The number of hydrogen-bond acceptors (Lipinski definition) is 5. The number of piperidine rings is 1. The molecule has 10 heteroatoms. The number of hydrogen-bond donors (Lipinski definition) is 3. The second kappa shape index (κ2) is 16.7. The molecule has 3 aromatic rings. The van der Waals surface area contributed by atoms with Gasteiger partial charge >= 0.3 is 5.97 Å². The number of rotatable bonds is 14. The molecule has 1 atom stereocenters. The molecule has 0 aliphatic carbocycles. The van der Waals surface area contributed by atoms with Crippen LogP contribution < -0.4 is 5.32 Å². The maximum atomic E-state index is 13.6. The molecule has 1 aliphatic rings. The summed E-state index contributed by atoms with van der Waals surface area (Å²) in [6.07, 6.45) is 15.7. The third kappa shape index (κ3) is 10.6. The van der Waals surface area contributed by atoms with E-state index in [1.165, 1.54) is 57.4 Å². The fourth-order valence-corrected chi connectivity index (χ4v) is 5.39. The van der Waals surface area contributed by atoms with Gasteiger partial charge in [-0.3, -0.25) is 4.90 Å². The number of nitrogens with one attached hydrogen (secondary N) is 2. The minimum absolute atomic E-state index is 0.0609. The van der Waals surface area contributed by atoms with E-state index in [1.54, 1.807) is 18.3 Å². The largest absolute Gasteiger partial charge is 0.478 e. The summed E-state index contributed by atoms with van der Waals surface area (Å²) in [5.41, 5.74) is 1.99. The minimum Gasteiger partial charge on any atom is -0.478 e. The number of H-pyrrole nitrogens is 1. The maximum Gasteiger partial charge on any atom is 0.337 e.